The lowest BCUT2D eigenvalue weighted by atomic mass is 10.1. The summed E-state index contributed by atoms with van der Waals surface area (Å²) in [4.78, 5) is 27.7. The molecule has 1 saturated heterocycles. The zero-order valence-corrected chi connectivity index (χ0v) is 23.3. The summed E-state index contributed by atoms with van der Waals surface area (Å²) >= 11 is 0. The molecule has 3 aromatic heterocycles. The molecule has 2 N–H and O–H groups in total. The molecule has 4 heterocycles. The van der Waals surface area contributed by atoms with Crippen LogP contribution in [0.3, 0.4) is 0 Å². The molecule has 1 aliphatic rings. The van der Waals surface area contributed by atoms with Gasteiger partial charge in [0.25, 0.3) is 0 Å². The van der Waals surface area contributed by atoms with Crippen LogP contribution in [0.5, 0.6) is 11.5 Å². The average molecular weight is 568 g/mol. The Kier molecular flexibility index (Phi) is 7.34. The van der Waals surface area contributed by atoms with Crippen LogP contribution in [-0.4, -0.2) is 55.0 Å². The summed E-state index contributed by atoms with van der Waals surface area (Å²) in [5, 5.41) is 14.2. The lowest BCUT2D eigenvalue weighted by molar-refractivity contribution is -0.117. The SMILES string of the molecule is C=CC(=O)N[C@H]1CCCCN(c2ccc3ncnc(Nc4ccc(Oc5ccc6c(c5)nnn6C)c(C)c4F)c3n2)C1. The van der Waals surface area contributed by atoms with Gasteiger partial charge in [-0.25, -0.2) is 24.0 Å². The molecule has 0 radical (unpaired) electrons. The van der Waals surface area contributed by atoms with Crippen molar-refractivity contribution in [3.63, 3.8) is 0 Å². The van der Waals surface area contributed by atoms with Gasteiger partial charge in [-0.3, -0.25) is 4.79 Å². The van der Waals surface area contributed by atoms with Gasteiger partial charge in [0, 0.05) is 37.8 Å². The van der Waals surface area contributed by atoms with Crippen molar-refractivity contribution in [1.29, 1.82) is 0 Å². The maximum absolute atomic E-state index is 15.6. The van der Waals surface area contributed by atoms with Crippen molar-refractivity contribution in [2.75, 3.05) is 23.3 Å². The zero-order valence-electron chi connectivity index (χ0n) is 23.3. The molecule has 1 atom stereocenters. The number of hydrogen-bond donors (Lipinski definition) is 2. The minimum atomic E-state index is -0.468. The molecule has 0 unspecified atom stereocenters. The first-order chi connectivity index (χ1) is 20.4. The molecular formula is C30H30FN9O2. The summed E-state index contributed by atoms with van der Waals surface area (Å²) in [5.41, 5.74) is 3.27. The lowest BCUT2D eigenvalue weighted by Gasteiger charge is -2.26. The van der Waals surface area contributed by atoms with Crippen molar-refractivity contribution in [2.45, 2.75) is 32.2 Å². The van der Waals surface area contributed by atoms with Gasteiger partial charge < -0.3 is 20.3 Å². The van der Waals surface area contributed by atoms with Crippen LogP contribution < -0.4 is 20.3 Å². The third kappa shape index (κ3) is 5.42. The number of rotatable bonds is 7. The molecule has 42 heavy (non-hydrogen) atoms. The largest absolute Gasteiger partial charge is 0.457 e. The van der Waals surface area contributed by atoms with Gasteiger partial charge in [-0.1, -0.05) is 11.8 Å². The number of carbonyl (C=O) groups is 1. The molecule has 0 bridgehead atoms. The second kappa shape index (κ2) is 11.4. The number of hydrogen-bond acceptors (Lipinski definition) is 9. The molecule has 214 valence electrons. The molecule has 5 aromatic rings. The Labute approximate surface area is 241 Å². The molecule has 12 heteroatoms. The summed E-state index contributed by atoms with van der Waals surface area (Å²) in [6.45, 7) is 6.63. The summed E-state index contributed by atoms with van der Waals surface area (Å²) in [6.07, 6.45) is 5.56. The second-order valence-electron chi connectivity index (χ2n) is 10.3. The first-order valence-electron chi connectivity index (χ1n) is 13.7. The Hall–Kier alpha value is -5.13. The van der Waals surface area contributed by atoms with Crippen molar-refractivity contribution >= 4 is 45.3 Å². The molecule has 0 aliphatic carbocycles. The standard InChI is InChI=1S/C30H30FN9O2/c1-4-27(41)34-19-7-5-6-14-40(16-19)26-13-10-22-29(36-26)30(33-17-32-22)35-21-9-12-25(18(2)28(21)31)42-20-8-11-24-23(15-20)37-38-39(24)3/h4,8-13,15,17,19H,1,5-7,14,16H2,2-3H3,(H,34,41)(H,32,33,35)/t19-/m0/s1. The van der Waals surface area contributed by atoms with Crippen molar-refractivity contribution < 1.29 is 13.9 Å². The van der Waals surface area contributed by atoms with Gasteiger partial charge >= 0.3 is 0 Å². The van der Waals surface area contributed by atoms with Gasteiger partial charge in [0.15, 0.2) is 11.6 Å². The number of anilines is 3. The summed E-state index contributed by atoms with van der Waals surface area (Å²) in [6, 6.07) is 12.5. The number of carbonyl (C=O) groups excluding carboxylic acids is 1. The van der Waals surface area contributed by atoms with Crippen LogP contribution in [0.2, 0.25) is 0 Å². The van der Waals surface area contributed by atoms with E-state index in [0.717, 1.165) is 37.1 Å². The first-order valence-corrected chi connectivity index (χ1v) is 13.7. The minimum Gasteiger partial charge on any atom is -0.457 e. The van der Waals surface area contributed by atoms with Gasteiger partial charge in [-0.05, 0) is 68.7 Å². The van der Waals surface area contributed by atoms with Gasteiger partial charge in [0.1, 0.15) is 34.7 Å². The van der Waals surface area contributed by atoms with Crippen LogP contribution in [0, 0.1) is 12.7 Å². The number of halogens is 1. The highest BCUT2D eigenvalue weighted by molar-refractivity contribution is 5.88. The molecule has 0 spiro atoms. The van der Waals surface area contributed by atoms with Gasteiger partial charge in [0.2, 0.25) is 5.91 Å². The topological polar surface area (TPSA) is 123 Å². The fraction of sp³-hybridized carbons (Fsp3) is 0.267. The van der Waals surface area contributed by atoms with Crippen LogP contribution in [0.15, 0.2) is 61.4 Å². The maximum Gasteiger partial charge on any atom is 0.243 e. The van der Waals surface area contributed by atoms with Crippen molar-refractivity contribution in [3.05, 3.63) is 72.8 Å². The Morgan fingerprint density at radius 3 is 2.88 bits per heavy atom. The number of nitrogens with one attached hydrogen (secondary N) is 2. The molecular weight excluding hydrogens is 537 g/mol. The van der Waals surface area contributed by atoms with E-state index in [4.69, 9.17) is 9.72 Å². The monoisotopic (exact) mass is 567 g/mol. The summed E-state index contributed by atoms with van der Waals surface area (Å²) in [7, 11) is 1.81. The Balaban J connectivity index is 1.25. The number of aromatic nitrogens is 6. The van der Waals surface area contributed by atoms with Gasteiger partial charge in [-0.2, -0.15) is 0 Å². The van der Waals surface area contributed by atoms with Crippen molar-refractivity contribution in [2.24, 2.45) is 7.05 Å². The molecule has 1 aliphatic heterocycles. The van der Waals surface area contributed by atoms with E-state index in [0.29, 0.717) is 46.0 Å². The highest BCUT2D eigenvalue weighted by Crippen LogP contribution is 2.33. The normalized spacial score (nSPS) is 15.4. The Morgan fingerprint density at radius 2 is 2.02 bits per heavy atom. The smallest absolute Gasteiger partial charge is 0.243 e. The number of ether oxygens (including phenoxy) is 1. The summed E-state index contributed by atoms with van der Waals surface area (Å²) in [5.74, 6) is 1.38. The van der Waals surface area contributed by atoms with E-state index < -0.39 is 5.82 Å². The minimum absolute atomic E-state index is 0.0135. The highest BCUT2D eigenvalue weighted by Gasteiger charge is 2.21. The quantitative estimate of drug-likeness (QED) is 0.263. The number of pyridine rings is 1. The highest BCUT2D eigenvalue weighted by atomic mass is 19.1. The van der Waals surface area contributed by atoms with Crippen LogP contribution in [0.25, 0.3) is 22.1 Å². The third-order valence-electron chi connectivity index (χ3n) is 7.39. The van der Waals surface area contributed by atoms with Gasteiger partial charge in [0.05, 0.1) is 16.7 Å². The fourth-order valence-electron chi connectivity index (χ4n) is 5.14. The lowest BCUT2D eigenvalue weighted by Crippen LogP contribution is -2.42. The van der Waals surface area contributed by atoms with E-state index in [2.05, 4.69) is 42.4 Å². The van der Waals surface area contributed by atoms with E-state index in [-0.39, 0.29) is 17.6 Å². The molecule has 2 aromatic carbocycles. The second-order valence-corrected chi connectivity index (χ2v) is 10.3. The maximum atomic E-state index is 15.6. The number of amides is 1. The first kappa shape index (κ1) is 27.1. The predicted octanol–water partition coefficient (Wildman–Crippen LogP) is 4.95. The van der Waals surface area contributed by atoms with Crippen LogP contribution >= 0.6 is 0 Å². The van der Waals surface area contributed by atoms with E-state index in [1.807, 2.05) is 25.2 Å². The number of benzene rings is 2. The molecule has 11 nitrogen and oxygen atoms in total. The zero-order chi connectivity index (χ0) is 29.2. The third-order valence-corrected chi connectivity index (χ3v) is 7.39. The number of aryl methyl sites for hydroxylation is 1. The van der Waals surface area contributed by atoms with E-state index in [9.17, 15) is 4.79 Å². The summed E-state index contributed by atoms with van der Waals surface area (Å²) < 4.78 is 23.3. The van der Waals surface area contributed by atoms with Crippen LogP contribution in [-0.2, 0) is 11.8 Å². The number of fused-ring (bicyclic) bond motifs is 2. The van der Waals surface area contributed by atoms with E-state index >= 15 is 4.39 Å². The predicted molar refractivity (Wildman–Crippen MR) is 159 cm³/mol. The molecule has 6 rings (SSSR count). The molecule has 1 fully saturated rings. The average Bonchev–Trinajstić information content (AvgIpc) is 3.21. The van der Waals surface area contributed by atoms with Crippen LogP contribution in [0.1, 0.15) is 24.8 Å². The van der Waals surface area contributed by atoms with E-state index in [1.54, 1.807) is 35.9 Å². The molecule has 0 saturated carbocycles. The van der Waals surface area contributed by atoms with Gasteiger partial charge in [-0.15, -0.1) is 5.10 Å². The Bertz CT molecular complexity index is 1810. The van der Waals surface area contributed by atoms with Crippen molar-refractivity contribution in [1.82, 2.24) is 35.3 Å². The van der Waals surface area contributed by atoms with Crippen LogP contribution in [0.4, 0.5) is 21.7 Å². The van der Waals surface area contributed by atoms with Crippen molar-refractivity contribution in [3.8, 4) is 11.5 Å². The van der Waals surface area contributed by atoms with E-state index in [1.165, 1.54) is 12.4 Å². The molecule has 1 amide bonds. The Morgan fingerprint density at radius 1 is 1.14 bits per heavy atom. The number of nitrogens with zero attached hydrogens (tertiary/aromatic N) is 7. The fourth-order valence-corrected chi connectivity index (χ4v) is 5.14.